The van der Waals surface area contributed by atoms with Crippen molar-refractivity contribution in [3.05, 3.63) is 79.0 Å². The minimum atomic E-state index is -0.842. The number of rotatable bonds is 5. The molecule has 1 fully saturated rings. The Morgan fingerprint density at radius 1 is 1.03 bits per heavy atom. The molecule has 2 heterocycles. The van der Waals surface area contributed by atoms with Crippen molar-refractivity contribution in [1.82, 2.24) is 0 Å². The van der Waals surface area contributed by atoms with Crippen LogP contribution in [0.3, 0.4) is 0 Å². The summed E-state index contributed by atoms with van der Waals surface area (Å²) in [5.41, 5.74) is 2.30. The Morgan fingerprint density at radius 2 is 1.71 bits per heavy atom. The number of hydrogen-bond acceptors (Lipinski definition) is 6. The average molecular weight is 518 g/mol. The van der Waals surface area contributed by atoms with E-state index in [9.17, 15) is 14.7 Å². The quantitative estimate of drug-likeness (QED) is 0.243. The number of aliphatic hydroxyl groups excluding tert-OH is 1. The molecule has 1 N–H and O–H groups in total. The molecule has 1 amide bonds. The van der Waals surface area contributed by atoms with Gasteiger partial charge in [0.15, 0.2) is 11.5 Å². The van der Waals surface area contributed by atoms with Gasteiger partial charge in [-0.3, -0.25) is 14.5 Å². The van der Waals surface area contributed by atoms with E-state index < -0.39 is 23.5 Å². The molecule has 1 aromatic heterocycles. The largest absolute Gasteiger partial charge is 0.507 e. The lowest BCUT2D eigenvalue weighted by atomic mass is 9.97. The fraction of sp³-hybridized carbons (Fsp3) is 0.200. The highest BCUT2D eigenvalue weighted by atomic mass is 35.5. The highest BCUT2D eigenvalue weighted by Gasteiger charge is 2.48. The summed E-state index contributed by atoms with van der Waals surface area (Å²) < 4.78 is 10.7. The van der Waals surface area contributed by atoms with Gasteiger partial charge in [-0.15, -0.1) is 11.3 Å². The molecule has 34 heavy (non-hydrogen) atoms. The Balaban J connectivity index is 2.04. The van der Waals surface area contributed by atoms with Gasteiger partial charge in [0, 0.05) is 10.6 Å². The number of halogens is 2. The Bertz CT molecular complexity index is 1350. The van der Waals surface area contributed by atoms with Crippen LogP contribution < -0.4 is 14.4 Å². The first kappa shape index (κ1) is 24.1. The number of para-hydroxylation sites is 1. The van der Waals surface area contributed by atoms with Crippen molar-refractivity contribution in [3.63, 3.8) is 0 Å². The molecule has 0 saturated carbocycles. The fourth-order valence-corrected chi connectivity index (χ4v) is 5.83. The van der Waals surface area contributed by atoms with E-state index >= 15 is 0 Å². The first-order chi connectivity index (χ1) is 16.2. The number of carbonyl (C=O) groups excluding carboxylic acids is 2. The first-order valence-corrected chi connectivity index (χ1v) is 11.9. The van der Waals surface area contributed by atoms with Gasteiger partial charge in [-0.1, -0.05) is 41.4 Å². The Labute approximate surface area is 210 Å². The van der Waals surface area contributed by atoms with E-state index in [0.29, 0.717) is 5.69 Å². The summed E-state index contributed by atoms with van der Waals surface area (Å²) in [6, 6.07) is 9.75. The Morgan fingerprint density at radius 3 is 2.29 bits per heavy atom. The number of amides is 1. The molecule has 0 radical (unpaired) electrons. The molecule has 0 aliphatic carbocycles. The second-order valence-electron chi connectivity index (χ2n) is 7.71. The van der Waals surface area contributed by atoms with Gasteiger partial charge in [-0.2, -0.15) is 0 Å². The minimum Gasteiger partial charge on any atom is -0.507 e. The van der Waals surface area contributed by atoms with Crippen LogP contribution in [-0.2, 0) is 9.59 Å². The highest BCUT2D eigenvalue weighted by Crippen LogP contribution is 2.49. The summed E-state index contributed by atoms with van der Waals surface area (Å²) in [5.74, 6) is -1.75. The molecule has 1 aliphatic heterocycles. The molecule has 3 aromatic rings. The second kappa shape index (κ2) is 9.33. The summed E-state index contributed by atoms with van der Waals surface area (Å²) in [4.78, 5) is 28.9. The van der Waals surface area contributed by atoms with Crippen molar-refractivity contribution < 1.29 is 24.2 Å². The van der Waals surface area contributed by atoms with E-state index in [1.165, 1.54) is 36.5 Å². The van der Waals surface area contributed by atoms with E-state index in [4.69, 9.17) is 32.7 Å². The Hall–Kier alpha value is -3.00. The smallest absolute Gasteiger partial charge is 0.300 e. The molecule has 1 saturated heterocycles. The number of ketones is 1. The predicted molar refractivity (Wildman–Crippen MR) is 135 cm³/mol. The van der Waals surface area contributed by atoms with Crippen LogP contribution in [0.1, 0.15) is 27.6 Å². The number of nitrogens with zero attached hydrogens (tertiary/aromatic N) is 1. The number of aryl methyl sites for hydroxylation is 2. The van der Waals surface area contributed by atoms with Crippen LogP contribution in [-0.4, -0.2) is 31.0 Å². The molecule has 4 rings (SSSR count). The normalized spacial score (nSPS) is 17.4. The van der Waals surface area contributed by atoms with Gasteiger partial charge in [0.25, 0.3) is 11.7 Å². The lowest BCUT2D eigenvalue weighted by molar-refractivity contribution is -0.132. The molecule has 1 atom stereocenters. The van der Waals surface area contributed by atoms with Crippen LogP contribution in [0.15, 0.2) is 47.4 Å². The summed E-state index contributed by atoms with van der Waals surface area (Å²) in [6.45, 7) is 3.75. The van der Waals surface area contributed by atoms with Crippen LogP contribution >= 0.6 is 34.5 Å². The maximum absolute atomic E-state index is 13.4. The summed E-state index contributed by atoms with van der Waals surface area (Å²) in [6.07, 6.45) is 0. The zero-order chi connectivity index (χ0) is 24.7. The van der Waals surface area contributed by atoms with Crippen LogP contribution in [0, 0.1) is 13.8 Å². The Kier molecular flexibility index (Phi) is 6.62. The highest BCUT2D eigenvalue weighted by molar-refractivity contribution is 7.10. The van der Waals surface area contributed by atoms with Crippen LogP contribution in [0.4, 0.5) is 5.69 Å². The van der Waals surface area contributed by atoms with E-state index in [0.717, 1.165) is 16.0 Å². The van der Waals surface area contributed by atoms with Gasteiger partial charge >= 0.3 is 0 Å². The standard InChI is InChI=1S/C25H21Cl2NO5S/c1-12-7-5-6-8-16(12)28-19(24-13(2)9-10-34-24)17(21(30)25(28)31)20(29)14-11-15(26)23(33-4)18(27)22(14)32-3/h5-11,19,29H,1-4H3/b20-17+. The molecular formula is C25H21Cl2NO5S. The lowest BCUT2D eigenvalue weighted by Gasteiger charge is -2.26. The van der Waals surface area contributed by atoms with Crippen molar-refractivity contribution in [2.75, 3.05) is 19.1 Å². The van der Waals surface area contributed by atoms with Gasteiger partial charge < -0.3 is 14.6 Å². The second-order valence-corrected chi connectivity index (χ2v) is 9.44. The number of aliphatic hydroxyl groups is 1. The molecule has 1 aliphatic rings. The molecule has 0 bridgehead atoms. The summed E-state index contributed by atoms with van der Waals surface area (Å²) >= 11 is 14.1. The topological polar surface area (TPSA) is 76.1 Å². The summed E-state index contributed by atoms with van der Waals surface area (Å²) in [7, 11) is 2.78. The molecule has 0 spiro atoms. The van der Waals surface area contributed by atoms with E-state index in [1.54, 1.807) is 12.1 Å². The predicted octanol–water partition coefficient (Wildman–Crippen LogP) is 6.32. The average Bonchev–Trinajstić information content (AvgIpc) is 3.34. The van der Waals surface area contributed by atoms with Gasteiger partial charge in [-0.05, 0) is 48.6 Å². The number of carbonyl (C=O) groups is 2. The molecule has 2 aromatic carbocycles. The van der Waals surface area contributed by atoms with Crippen molar-refractivity contribution in [2.45, 2.75) is 19.9 Å². The lowest BCUT2D eigenvalue weighted by Crippen LogP contribution is -2.30. The van der Waals surface area contributed by atoms with Crippen molar-refractivity contribution >= 4 is 57.7 Å². The van der Waals surface area contributed by atoms with Crippen LogP contribution in [0.2, 0.25) is 10.0 Å². The zero-order valence-electron chi connectivity index (χ0n) is 18.8. The van der Waals surface area contributed by atoms with Crippen molar-refractivity contribution in [3.8, 4) is 11.5 Å². The first-order valence-electron chi connectivity index (χ1n) is 10.2. The fourth-order valence-electron chi connectivity index (χ4n) is 4.12. The zero-order valence-corrected chi connectivity index (χ0v) is 21.1. The molecular weight excluding hydrogens is 497 g/mol. The number of methoxy groups -OCH3 is 2. The van der Waals surface area contributed by atoms with Gasteiger partial charge in [0.2, 0.25) is 0 Å². The number of ether oxygens (including phenoxy) is 2. The third kappa shape index (κ3) is 3.74. The monoisotopic (exact) mass is 517 g/mol. The molecule has 9 heteroatoms. The van der Waals surface area contributed by atoms with Crippen LogP contribution in [0.5, 0.6) is 11.5 Å². The molecule has 1 unspecified atom stereocenters. The van der Waals surface area contributed by atoms with Gasteiger partial charge in [-0.25, -0.2) is 0 Å². The van der Waals surface area contributed by atoms with Crippen molar-refractivity contribution in [2.24, 2.45) is 0 Å². The minimum absolute atomic E-state index is 0.0380. The number of benzene rings is 2. The molecule has 176 valence electrons. The van der Waals surface area contributed by atoms with E-state index in [-0.39, 0.29) is 32.7 Å². The SMILES string of the molecule is COc1c(Cl)cc(/C(O)=C2\C(=O)C(=O)N(c3ccccc3C)C2c2sccc2C)c(OC)c1Cl. The third-order valence-electron chi connectivity index (χ3n) is 5.76. The van der Waals surface area contributed by atoms with Crippen molar-refractivity contribution in [1.29, 1.82) is 0 Å². The molecule has 6 nitrogen and oxygen atoms in total. The summed E-state index contributed by atoms with van der Waals surface area (Å²) in [5, 5.41) is 13.5. The van der Waals surface area contributed by atoms with E-state index in [2.05, 4.69) is 0 Å². The number of anilines is 1. The van der Waals surface area contributed by atoms with Gasteiger partial charge in [0.1, 0.15) is 16.8 Å². The maximum atomic E-state index is 13.4. The van der Waals surface area contributed by atoms with Gasteiger partial charge in [0.05, 0.1) is 30.4 Å². The number of thiophene rings is 1. The van der Waals surface area contributed by atoms with Crippen LogP contribution in [0.25, 0.3) is 5.76 Å². The maximum Gasteiger partial charge on any atom is 0.300 e. The number of Topliss-reactive ketones (excluding diaryl/α,β-unsaturated/α-hetero) is 1. The third-order valence-corrected chi connectivity index (χ3v) is 7.46. The van der Waals surface area contributed by atoms with E-state index in [1.807, 2.05) is 37.4 Å². The number of hydrogen-bond donors (Lipinski definition) is 1.